The lowest BCUT2D eigenvalue weighted by Crippen LogP contribution is -2.38. The van der Waals surface area contributed by atoms with Crippen LogP contribution in [0.15, 0.2) is 0 Å². The smallest absolute Gasteiger partial charge is 0.229 e. The van der Waals surface area contributed by atoms with Crippen molar-refractivity contribution in [2.24, 2.45) is 17.6 Å². The van der Waals surface area contributed by atoms with Crippen LogP contribution >= 0.6 is 12.2 Å². The maximum Gasteiger partial charge on any atom is 0.229 e. The van der Waals surface area contributed by atoms with Crippen LogP contribution in [0.5, 0.6) is 0 Å². The molecule has 5 heteroatoms. The first kappa shape index (κ1) is 17.3. The second kappa shape index (κ2) is 10.3. The van der Waals surface area contributed by atoms with Gasteiger partial charge in [-0.15, -0.1) is 0 Å². The summed E-state index contributed by atoms with van der Waals surface area (Å²) in [5.41, 5.74) is 5.55. The Kier molecular flexibility index (Phi) is 9.87. The quantitative estimate of drug-likeness (QED) is 0.471. The fourth-order valence-corrected chi connectivity index (χ4v) is 1.74. The van der Waals surface area contributed by atoms with Crippen LogP contribution in [-0.4, -0.2) is 30.7 Å². The molecule has 0 heterocycles. The summed E-state index contributed by atoms with van der Waals surface area (Å²) >= 11 is 4.90. The number of rotatable bonds is 10. The Balaban J connectivity index is 3.71. The van der Waals surface area contributed by atoms with Crippen molar-refractivity contribution in [3.63, 3.8) is 0 Å². The molecule has 106 valence electrons. The minimum Gasteiger partial charge on any atom is -0.393 e. The molecule has 18 heavy (non-hydrogen) atoms. The summed E-state index contributed by atoms with van der Waals surface area (Å²) in [6.45, 7) is 8.28. The largest absolute Gasteiger partial charge is 0.393 e. The molecule has 4 nitrogen and oxygen atoms in total. The lowest BCUT2D eigenvalue weighted by atomic mass is 10.0. The van der Waals surface area contributed by atoms with Crippen molar-refractivity contribution >= 4 is 23.1 Å². The normalized spacial score (nSPS) is 12.4. The number of hydrogen-bond acceptors (Lipinski definition) is 3. The number of carbonyl (C=O) groups is 1. The van der Waals surface area contributed by atoms with E-state index >= 15 is 0 Å². The van der Waals surface area contributed by atoms with Gasteiger partial charge in [0.1, 0.15) is 0 Å². The number of thiocarbonyl (C=S) groups is 1. The van der Waals surface area contributed by atoms with Crippen LogP contribution in [0.4, 0.5) is 0 Å². The SMILES string of the molecule is CCCC(C(=O)NCCCOCC(C)C)C(N)=S. The molecule has 0 spiro atoms. The van der Waals surface area contributed by atoms with Gasteiger partial charge in [-0.2, -0.15) is 0 Å². The first-order valence-electron chi connectivity index (χ1n) is 6.63. The van der Waals surface area contributed by atoms with Crippen molar-refractivity contribution in [1.29, 1.82) is 0 Å². The average molecular weight is 274 g/mol. The van der Waals surface area contributed by atoms with Crippen LogP contribution < -0.4 is 11.1 Å². The van der Waals surface area contributed by atoms with Gasteiger partial charge in [0.15, 0.2) is 0 Å². The van der Waals surface area contributed by atoms with Crippen molar-refractivity contribution in [2.45, 2.75) is 40.0 Å². The molecule has 0 radical (unpaired) electrons. The van der Waals surface area contributed by atoms with E-state index in [4.69, 9.17) is 22.7 Å². The summed E-state index contributed by atoms with van der Waals surface area (Å²) in [6.07, 6.45) is 2.42. The van der Waals surface area contributed by atoms with Gasteiger partial charge < -0.3 is 15.8 Å². The molecule has 1 amide bonds. The molecule has 1 unspecified atom stereocenters. The van der Waals surface area contributed by atoms with E-state index in [2.05, 4.69) is 19.2 Å². The lowest BCUT2D eigenvalue weighted by molar-refractivity contribution is -0.123. The van der Waals surface area contributed by atoms with E-state index < -0.39 is 0 Å². The Morgan fingerprint density at radius 1 is 1.44 bits per heavy atom. The second-order valence-corrected chi connectivity index (χ2v) is 5.33. The molecule has 0 bridgehead atoms. The van der Waals surface area contributed by atoms with Gasteiger partial charge >= 0.3 is 0 Å². The van der Waals surface area contributed by atoms with Crippen molar-refractivity contribution in [2.75, 3.05) is 19.8 Å². The van der Waals surface area contributed by atoms with Crippen molar-refractivity contribution in [3.05, 3.63) is 0 Å². The first-order valence-corrected chi connectivity index (χ1v) is 7.04. The van der Waals surface area contributed by atoms with E-state index in [1.807, 2.05) is 6.92 Å². The predicted octanol–water partition coefficient (Wildman–Crippen LogP) is 1.87. The fraction of sp³-hybridized carbons (Fsp3) is 0.846. The van der Waals surface area contributed by atoms with Crippen LogP contribution in [0, 0.1) is 11.8 Å². The zero-order valence-electron chi connectivity index (χ0n) is 11.7. The third-order valence-electron chi connectivity index (χ3n) is 2.45. The molecule has 1 atom stereocenters. The van der Waals surface area contributed by atoms with Crippen molar-refractivity contribution in [1.82, 2.24) is 5.32 Å². The van der Waals surface area contributed by atoms with Gasteiger partial charge in [0.2, 0.25) is 5.91 Å². The molecule has 0 rings (SSSR count). The molecule has 0 aliphatic heterocycles. The monoisotopic (exact) mass is 274 g/mol. The fourth-order valence-electron chi connectivity index (χ4n) is 1.52. The minimum absolute atomic E-state index is 0.0618. The molecule has 0 saturated carbocycles. The van der Waals surface area contributed by atoms with Gasteiger partial charge in [-0.25, -0.2) is 0 Å². The van der Waals surface area contributed by atoms with E-state index in [-0.39, 0.29) is 16.8 Å². The number of carbonyl (C=O) groups excluding carboxylic acids is 1. The molecule has 0 aliphatic carbocycles. The molecule has 0 fully saturated rings. The van der Waals surface area contributed by atoms with Crippen LogP contribution in [0.3, 0.4) is 0 Å². The number of hydrogen-bond donors (Lipinski definition) is 2. The summed E-state index contributed by atoms with van der Waals surface area (Å²) in [7, 11) is 0. The Morgan fingerprint density at radius 2 is 2.11 bits per heavy atom. The highest BCUT2D eigenvalue weighted by molar-refractivity contribution is 7.80. The van der Waals surface area contributed by atoms with Gasteiger partial charge in [-0.1, -0.05) is 39.4 Å². The first-order chi connectivity index (χ1) is 8.49. The standard InChI is InChI=1S/C13H26N2O2S/c1-4-6-11(12(14)18)13(16)15-7-5-8-17-9-10(2)3/h10-11H,4-9H2,1-3H3,(H2,14,18)(H,15,16). The maximum atomic E-state index is 11.8. The summed E-state index contributed by atoms with van der Waals surface area (Å²) in [4.78, 5) is 12.1. The number of ether oxygens (including phenoxy) is 1. The highest BCUT2D eigenvalue weighted by Gasteiger charge is 2.19. The maximum absolute atomic E-state index is 11.8. The van der Waals surface area contributed by atoms with Gasteiger partial charge in [-0.3, -0.25) is 4.79 Å². The Hall–Kier alpha value is -0.680. The molecular formula is C13H26N2O2S. The van der Waals surface area contributed by atoms with Crippen LogP contribution in [0.25, 0.3) is 0 Å². The molecule has 0 saturated heterocycles. The van der Waals surface area contributed by atoms with Gasteiger partial charge in [0, 0.05) is 19.8 Å². The molecular weight excluding hydrogens is 248 g/mol. The Bertz CT molecular complexity index is 257. The summed E-state index contributed by atoms with van der Waals surface area (Å²) < 4.78 is 5.43. The van der Waals surface area contributed by atoms with Crippen molar-refractivity contribution in [3.8, 4) is 0 Å². The van der Waals surface area contributed by atoms with E-state index in [0.717, 1.165) is 19.4 Å². The minimum atomic E-state index is -0.332. The van der Waals surface area contributed by atoms with E-state index in [9.17, 15) is 4.79 Å². The van der Waals surface area contributed by atoms with E-state index in [1.54, 1.807) is 0 Å². The van der Waals surface area contributed by atoms with Gasteiger partial charge in [0.05, 0.1) is 10.9 Å². The Labute approximate surface area is 116 Å². The highest BCUT2D eigenvalue weighted by Crippen LogP contribution is 2.06. The van der Waals surface area contributed by atoms with Crippen LogP contribution in [0.1, 0.15) is 40.0 Å². The van der Waals surface area contributed by atoms with Crippen LogP contribution in [-0.2, 0) is 9.53 Å². The molecule has 0 aromatic heterocycles. The summed E-state index contributed by atoms with van der Waals surface area (Å²) in [5.74, 6) is 0.151. The zero-order chi connectivity index (χ0) is 14.0. The second-order valence-electron chi connectivity index (χ2n) is 4.86. The summed E-state index contributed by atoms with van der Waals surface area (Å²) in [5, 5.41) is 2.85. The lowest BCUT2D eigenvalue weighted by Gasteiger charge is -2.14. The summed E-state index contributed by atoms with van der Waals surface area (Å²) in [6, 6.07) is 0. The number of nitrogens with one attached hydrogen (secondary N) is 1. The number of amides is 1. The third kappa shape index (κ3) is 8.42. The average Bonchev–Trinajstić information content (AvgIpc) is 2.29. The van der Waals surface area contributed by atoms with E-state index in [0.29, 0.717) is 25.5 Å². The molecule has 0 aromatic carbocycles. The number of nitrogens with two attached hydrogens (primary N) is 1. The Morgan fingerprint density at radius 3 is 2.61 bits per heavy atom. The molecule has 0 aliphatic rings. The zero-order valence-corrected chi connectivity index (χ0v) is 12.5. The van der Waals surface area contributed by atoms with Gasteiger partial charge in [-0.05, 0) is 18.8 Å². The highest BCUT2D eigenvalue weighted by atomic mass is 32.1. The predicted molar refractivity (Wildman–Crippen MR) is 78.5 cm³/mol. The molecule has 3 N–H and O–H groups in total. The third-order valence-corrected chi connectivity index (χ3v) is 2.74. The van der Waals surface area contributed by atoms with E-state index in [1.165, 1.54) is 0 Å². The molecule has 0 aromatic rings. The van der Waals surface area contributed by atoms with Crippen LogP contribution in [0.2, 0.25) is 0 Å². The topological polar surface area (TPSA) is 64.3 Å². The van der Waals surface area contributed by atoms with Crippen molar-refractivity contribution < 1.29 is 9.53 Å². The van der Waals surface area contributed by atoms with Gasteiger partial charge in [0.25, 0.3) is 0 Å².